The Balaban J connectivity index is 2.07. The molecule has 2 amide bonds. The second-order valence-corrected chi connectivity index (χ2v) is 7.85. The van der Waals surface area contributed by atoms with Gasteiger partial charge in [-0.25, -0.2) is 13.2 Å². The van der Waals surface area contributed by atoms with E-state index < -0.39 is 14.9 Å². The molecule has 0 spiro atoms. The summed E-state index contributed by atoms with van der Waals surface area (Å²) < 4.78 is 27.1. The van der Waals surface area contributed by atoms with Gasteiger partial charge >= 0.3 is 6.03 Å². The predicted octanol–water partition coefficient (Wildman–Crippen LogP) is 3.17. The Morgan fingerprint density at radius 2 is 1.78 bits per heavy atom. The molecule has 0 aliphatic rings. The molecule has 0 saturated heterocycles. The van der Waals surface area contributed by atoms with Crippen LogP contribution in [0.2, 0.25) is 0 Å². The largest absolute Gasteiger partial charge is 0.338 e. The summed E-state index contributed by atoms with van der Waals surface area (Å²) in [5.74, 6) is 0.308. The Labute approximate surface area is 157 Å². The van der Waals surface area contributed by atoms with Crippen molar-refractivity contribution < 1.29 is 18.1 Å². The van der Waals surface area contributed by atoms with Gasteiger partial charge in [0.15, 0.2) is 0 Å². The van der Waals surface area contributed by atoms with E-state index in [1.807, 2.05) is 13.8 Å². The van der Waals surface area contributed by atoms with Gasteiger partial charge in [0, 0.05) is 24.4 Å². The molecule has 0 aliphatic heterocycles. The van der Waals surface area contributed by atoms with Gasteiger partial charge in [0.25, 0.3) is 15.7 Å². The van der Waals surface area contributed by atoms with E-state index in [1.165, 1.54) is 42.5 Å². The normalized spacial score (nSPS) is 11.1. The molecule has 2 aromatic carbocycles. The van der Waals surface area contributed by atoms with Gasteiger partial charge in [-0.05, 0) is 36.2 Å². The number of nitrogens with one attached hydrogen (secondary N) is 3. The number of carbonyl (C=O) groups excluding carboxylic acids is 1. The summed E-state index contributed by atoms with van der Waals surface area (Å²) in [5.41, 5.74) is 0.298. The minimum atomic E-state index is -3.92. The molecule has 27 heavy (non-hydrogen) atoms. The molecule has 0 radical (unpaired) electrons. The third-order valence-electron chi connectivity index (χ3n) is 3.40. The fourth-order valence-electron chi connectivity index (χ4n) is 2.09. The Morgan fingerprint density at radius 3 is 2.37 bits per heavy atom. The number of rotatable bonds is 7. The Morgan fingerprint density at radius 1 is 1.11 bits per heavy atom. The highest BCUT2D eigenvalue weighted by molar-refractivity contribution is 7.92. The van der Waals surface area contributed by atoms with E-state index in [1.54, 1.807) is 0 Å². The fourth-order valence-corrected chi connectivity index (χ4v) is 3.14. The highest BCUT2D eigenvalue weighted by atomic mass is 32.2. The molecule has 0 atom stereocenters. The van der Waals surface area contributed by atoms with Crippen LogP contribution in [0.15, 0.2) is 53.4 Å². The van der Waals surface area contributed by atoms with Gasteiger partial charge in [0.05, 0.1) is 15.5 Å². The molecule has 10 heteroatoms. The zero-order valence-corrected chi connectivity index (χ0v) is 15.6. The number of nitro groups is 1. The summed E-state index contributed by atoms with van der Waals surface area (Å²) >= 11 is 0. The van der Waals surface area contributed by atoms with Gasteiger partial charge in [-0.2, -0.15) is 0 Å². The van der Waals surface area contributed by atoms with Gasteiger partial charge in [0.1, 0.15) is 0 Å². The predicted molar refractivity (Wildman–Crippen MR) is 102 cm³/mol. The second kappa shape index (κ2) is 8.49. The standard InChI is InChI=1S/C17H20N4O5S/c1-12(2)11-18-17(22)19-13-6-8-16(9-7-13)27(25,26)20-14-4-3-5-15(10-14)21(23)24/h3-10,12,20H,11H2,1-2H3,(H2,18,19,22). The first-order chi connectivity index (χ1) is 12.7. The lowest BCUT2D eigenvalue weighted by molar-refractivity contribution is -0.384. The number of amides is 2. The number of hydrogen-bond acceptors (Lipinski definition) is 5. The van der Waals surface area contributed by atoms with E-state index in [0.29, 0.717) is 18.2 Å². The minimum absolute atomic E-state index is 0.0397. The van der Waals surface area contributed by atoms with Crippen LogP contribution in [0.5, 0.6) is 0 Å². The smallest absolute Gasteiger partial charge is 0.319 e. The average molecular weight is 392 g/mol. The summed E-state index contributed by atoms with van der Waals surface area (Å²) in [6.07, 6.45) is 0. The van der Waals surface area contributed by atoms with Gasteiger partial charge in [-0.15, -0.1) is 0 Å². The number of urea groups is 1. The van der Waals surface area contributed by atoms with Crippen molar-refractivity contribution in [2.75, 3.05) is 16.6 Å². The lowest BCUT2D eigenvalue weighted by Crippen LogP contribution is -2.31. The number of nitro benzene ring substituents is 1. The first kappa shape index (κ1) is 20.2. The Bertz CT molecular complexity index is 927. The van der Waals surface area contributed by atoms with Crippen molar-refractivity contribution in [1.29, 1.82) is 0 Å². The fraction of sp³-hybridized carbons (Fsp3) is 0.235. The highest BCUT2D eigenvalue weighted by Gasteiger charge is 2.16. The average Bonchev–Trinajstić information content (AvgIpc) is 2.60. The zero-order chi connectivity index (χ0) is 20.0. The van der Waals surface area contributed by atoms with Crippen molar-refractivity contribution in [3.05, 3.63) is 58.6 Å². The zero-order valence-electron chi connectivity index (χ0n) is 14.8. The molecule has 0 aliphatic carbocycles. The lowest BCUT2D eigenvalue weighted by Gasteiger charge is -2.11. The summed E-state index contributed by atoms with van der Waals surface area (Å²) in [6.45, 7) is 4.45. The molecule has 3 N–H and O–H groups in total. The molecular weight excluding hydrogens is 372 g/mol. The minimum Gasteiger partial charge on any atom is -0.338 e. The molecule has 0 aromatic heterocycles. The van der Waals surface area contributed by atoms with Crippen LogP contribution in [0, 0.1) is 16.0 Å². The van der Waals surface area contributed by atoms with E-state index in [0.717, 1.165) is 6.07 Å². The third kappa shape index (κ3) is 5.96. The van der Waals surface area contributed by atoms with Crippen molar-refractivity contribution in [2.45, 2.75) is 18.7 Å². The maximum atomic E-state index is 12.4. The molecule has 2 aromatic rings. The summed E-state index contributed by atoms with van der Waals surface area (Å²) in [7, 11) is -3.92. The number of nitrogens with zero attached hydrogens (tertiary/aromatic N) is 1. The maximum absolute atomic E-state index is 12.4. The molecule has 0 saturated carbocycles. The Kier molecular flexibility index (Phi) is 6.35. The molecule has 9 nitrogen and oxygen atoms in total. The van der Waals surface area contributed by atoms with Crippen LogP contribution in [-0.4, -0.2) is 25.9 Å². The first-order valence-electron chi connectivity index (χ1n) is 8.09. The number of benzene rings is 2. The van der Waals surface area contributed by atoms with E-state index in [-0.39, 0.29) is 22.3 Å². The highest BCUT2D eigenvalue weighted by Crippen LogP contribution is 2.21. The summed E-state index contributed by atoms with van der Waals surface area (Å²) in [4.78, 5) is 21.9. The quantitative estimate of drug-likeness (QED) is 0.492. The number of sulfonamides is 1. The van der Waals surface area contributed by atoms with Crippen LogP contribution in [0.3, 0.4) is 0 Å². The van der Waals surface area contributed by atoms with Crippen molar-refractivity contribution in [1.82, 2.24) is 5.32 Å². The maximum Gasteiger partial charge on any atom is 0.319 e. The first-order valence-corrected chi connectivity index (χ1v) is 9.58. The SMILES string of the molecule is CC(C)CNC(=O)Nc1ccc(S(=O)(=O)Nc2cccc([N+](=O)[O-])c2)cc1. The van der Waals surface area contributed by atoms with Gasteiger partial charge in [-0.3, -0.25) is 14.8 Å². The number of anilines is 2. The topological polar surface area (TPSA) is 130 Å². The van der Waals surface area contributed by atoms with Gasteiger partial charge < -0.3 is 10.6 Å². The lowest BCUT2D eigenvalue weighted by atomic mass is 10.2. The van der Waals surface area contributed by atoms with Crippen molar-refractivity contribution >= 4 is 33.1 Å². The molecule has 0 bridgehead atoms. The van der Waals surface area contributed by atoms with Crippen LogP contribution in [-0.2, 0) is 10.0 Å². The Hall–Kier alpha value is -3.14. The molecule has 0 heterocycles. The monoisotopic (exact) mass is 392 g/mol. The second-order valence-electron chi connectivity index (χ2n) is 6.17. The van der Waals surface area contributed by atoms with E-state index in [2.05, 4.69) is 15.4 Å². The van der Waals surface area contributed by atoms with Crippen LogP contribution in [0.1, 0.15) is 13.8 Å². The van der Waals surface area contributed by atoms with Crippen LogP contribution in [0.4, 0.5) is 21.9 Å². The van der Waals surface area contributed by atoms with Crippen molar-refractivity contribution in [3.63, 3.8) is 0 Å². The molecule has 0 fully saturated rings. The number of hydrogen-bond donors (Lipinski definition) is 3. The number of carbonyl (C=O) groups is 1. The summed E-state index contributed by atoms with van der Waals surface area (Å²) in [6, 6.07) is 10.4. The van der Waals surface area contributed by atoms with Crippen molar-refractivity contribution in [3.8, 4) is 0 Å². The molecule has 2 rings (SSSR count). The van der Waals surface area contributed by atoms with Crippen LogP contribution >= 0.6 is 0 Å². The number of non-ortho nitro benzene ring substituents is 1. The molecule has 144 valence electrons. The third-order valence-corrected chi connectivity index (χ3v) is 4.80. The van der Waals surface area contributed by atoms with E-state index >= 15 is 0 Å². The van der Waals surface area contributed by atoms with Gasteiger partial charge in [0.2, 0.25) is 0 Å². The van der Waals surface area contributed by atoms with Crippen LogP contribution in [0.25, 0.3) is 0 Å². The molecule has 0 unspecified atom stereocenters. The van der Waals surface area contributed by atoms with E-state index in [9.17, 15) is 23.3 Å². The van der Waals surface area contributed by atoms with Crippen molar-refractivity contribution in [2.24, 2.45) is 5.92 Å². The summed E-state index contributed by atoms with van der Waals surface area (Å²) in [5, 5.41) is 16.1. The molecular formula is C17H20N4O5S. The van der Waals surface area contributed by atoms with Crippen LogP contribution < -0.4 is 15.4 Å². The van der Waals surface area contributed by atoms with Gasteiger partial charge in [-0.1, -0.05) is 19.9 Å². The van der Waals surface area contributed by atoms with E-state index in [4.69, 9.17) is 0 Å².